The molecule has 19 heavy (non-hydrogen) atoms. The summed E-state index contributed by atoms with van der Waals surface area (Å²) in [4.78, 5) is 22.9. The van der Waals surface area contributed by atoms with Gasteiger partial charge >= 0.3 is 11.9 Å². The maximum Gasteiger partial charge on any atom is 0.330 e. The van der Waals surface area contributed by atoms with Crippen LogP contribution in [0.25, 0.3) is 0 Å². The zero-order chi connectivity index (χ0) is 15.1. The molecule has 0 bridgehead atoms. The second kappa shape index (κ2) is 7.97. The fourth-order valence-corrected chi connectivity index (χ4v) is 1.72. The number of ether oxygens (including phenoxy) is 2. The number of carbonyl (C=O) groups excluding carboxylic acids is 2. The molecule has 0 aromatic rings. The molecule has 4 nitrogen and oxygen atoms in total. The lowest BCUT2D eigenvalue weighted by atomic mass is 9.93. The van der Waals surface area contributed by atoms with Crippen LogP contribution in [-0.4, -0.2) is 24.6 Å². The fraction of sp³-hybridized carbons (Fsp3) is 0.733. The second-order valence-electron chi connectivity index (χ2n) is 6.06. The molecular weight excluding hydrogens is 244 g/mol. The predicted molar refractivity (Wildman–Crippen MR) is 74.6 cm³/mol. The molecule has 0 fully saturated rings. The minimum Gasteiger partial charge on any atom is -0.466 e. The van der Waals surface area contributed by atoms with Gasteiger partial charge in [0.15, 0.2) is 0 Å². The maximum absolute atomic E-state index is 11.8. The third kappa shape index (κ3) is 10.3. The Labute approximate surface area is 116 Å². The van der Waals surface area contributed by atoms with Gasteiger partial charge in [-0.2, -0.15) is 0 Å². The molecule has 0 heterocycles. The van der Waals surface area contributed by atoms with Crippen molar-refractivity contribution in [1.82, 2.24) is 0 Å². The van der Waals surface area contributed by atoms with Crippen LogP contribution in [0, 0.1) is 11.8 Å². The number of hydrogen-bond acceptors (Lipinski definition) is 4. The predicted octanol–water partition coefficient (Wildman–Crippen LogP) is 3.11. The first kappa shape index (κ1) is 17.7. The first-order valence-electron chi connectivity index (χ1n) is 6.62. The van der Waals surface area contributed by atoms with E-state index in [2.05, 4.69) is 18.6 Å². The Kier molecular flexibility index (Phi) is 7.42. The van der Waals surface area contributed by atoms with Gasteiger partial charge in [0.25, 0.3) is 0 Å². The van der Waals surface area contributed by atoms with E-state index in [0.29, 0.717) is 5.92 Å². The van der Waals surface area contributed by atoms with Gasteiger partial charge < -0.3 is 9.47 Å². The van der Waals surface area contributed by atoms with Crippen molar-refractivity contribution in [2.24, 2.45) is 11.8 Å². The number of carbonyl (C=O) groups is 2. The van der Waals surface area contributed by atoms with Gasteiger partial charge in [-0.3, -0.25) is 4.79 Å². The Morgan fingerprint density at radius 2 is 1.79 bits per heavy atom. The van der Waals surface area contributed by atoms with Crippen LogP contribution >= 0.6 is 0 Å². The number of rotatable bonds is 6. The zero-order valence-corrected chi connectivity index (χ0v) is 12.9. The van der Waals surface area contributed by atoms with Gasteiger partial charge in [0, 0.05) is 6.08 Å². The molecule has 0 radical (unpaired) electrons. The van der Waals surface area contributed by atoms with Crippen molar-refractivity contribution in [2.75, 3.05) is 7.11 Å². The summed E-state index contributed by atoms with van der Waals surface area (Å²) in [6, 6.07) is 0. The van der Waals surface area contributed by atoms with Crippen LogP contribution in [-0.2, 0) is 19.1 Å². The number of esters is 2. The van der Waals surface area contributed by atoms with E-state index in [-0.39, 0.29) is 18.3 Å². The van der Waals surface area contributed by atoms with Gasteiger partial charge in [0.1, 0.15) is 5.60 Å². The number of allylic oxidation sites excluding steroid dienone is 1. The molecule has 0 rings (SSSR count). The van der Waals surface area contributed by atoms with Crippen LogP contribution in [0.4, 0.5) is 0 Å². The molecule has 1 atom stereocenters. The number of methoxy groups -OCH3 is 1. The van der Waals surface area contributed by atoms with E-state index >= 15 is 0 Å². The van der Waals surface area contributed by atoms with Crippen molar-refractivity contribution < 1.29 is 19.1 Å². The summed E-state index contributed by atoms with van der Waals surface area (Å²) in [5, 5.41) is 0. The Morgan fingerprint density at radius 1 is 1.21 bits per heavy atom. The average molecular weight is 270 g/mol. The zero-order valence-electron chi connectivity index (χ0n) is 12.9. The van der Waals surface area contributed by atoms with Crippen molar-refractivity contribution in [3.63, 3.8) is 0 Å². The molecule has 0 N–H and O–H groups in total. The highest BCUT2D eigenvalue weighted by Gasteiger charge is 2.20. The summed E-state index contributed by atoms with van der Waals surface area (Å²) in [5.74, 6) is -0.214. The molecular formula is C15H26O4. The van der Waals surface area contributed by atoms with Crippen LogP contribution < -0.4 is 0 Å². The third-order valence-corrected chi connectivity index (χ3v) is 2.33. The van der Waals surface area contributed by atoms with E-state index in [4.69, 9.17) is 4.74 Å². The van der Waals surface area contributed by atoms with Gasteiger partial charge in [0.2, 0.25) is 0 Å². The molecule has 4 heteroatoms. The molecule has 0 amide bonds. The van der Waals surface area contributed by atoms with Crippen LogP contribution in [0.2, 0.25) is 0 Å². The molecule has 110 valence electrons. The third-order valence-electron chi connectivity index (χ3n) is 2.33. The van der Waals surface area contributed by atoms with E-state index in [1.165, 1.54) is 13.2 Å². The monoisotopic (exact) mass is 270 g/mol. The Hall–Kier alpha value is -1.32. The van der Waals surface area contributed by atoms with Crippen LogP contribution in [0.5, 0.6) is 0 Å². The minimum absolute atomic E-state index is 0.00560. The first-order chi connectivity index (χ1) is 8.64. The van der Waals surface area contributed by atoms with E-state index in [1.54, 1.807) is 6.08 Å². The second-order valence-corrected chi connectivity index (χ2v) is 6.06. The van der Waals surface area contributed by atoms with Crippen LogP contribution in [0.1, 0.15) is 47.5 Å². The molecule has 0 saturated carbocycles. The molecule has 0 aromatic heterocycles. The Morgan fingerprint density at radius 3 is 2.21 bits per heavy atom. The van der Waals surface area contributed by atoms with Crippen molar-refractivity contribution >= 4 is 11.9 Å². The lowest BCUT2D eigenvalue weighted by Gasteiger charge is -2.21. The quantitative estimate of drug-likeness (QED) is 0.549. The molecule has 0 spiro atoms. The summed E-state index contributed by atoms with van der Waals surface area (Å²) in [5.41, 5.74) is -0.481. The lowest BCUT2D eigenvalue weighted by Crippen LogP contribution is -2.25. The smallest absolute Gasteiger partial charge is 0.330 e. The summed E-state index contributed by atoms with van der Waals surface area (Å²) in [7, 11) is 1.33. The standard InChI is InChI=1S/C15H26O4/c1-11(2)9-12(7-8-13(16)18-6)10-14(17)19-15(3,4)5/h7-8,11-12H,9-10H2,1-6H3/b8-7+/t12-/m1/s1. The maximum atomic E-state index is 11.8. The fourth-order valence-electron chi connectivity index (χ4n) is 1.72. The van der Waals surface area contributed by atoms with Crippen molar-refractivity contribution in [3.8, 4) is 0 Å². The van der Waals surface area contributed by atoms with Crippen LogP contribution in [0.3, 0.4) is 0 Å². The summed E-state index contributed by atoms with van der Waals surface area (Å²) in [6.45, 7) is 9.67. The minimum atomic E-state index is -0.481. The van der Waals surface area contributed by atoms with Crippen molar-refractivity contribution in [3.05, 3.63) is 12.2 Å². The normalized spacial score (nSPS) is 13.6. The highest BCUT2D eigenvalue weighted by Crippen LogP contribution is 2.19. The molecule has 0 aliphatic heterocycles. The molecule has 0 aromatic carbocycles. The Balaban J connectivity index is 4.55. The average Bonchev–Trinajstić information content (AvgIpc) is 2.21. The van der Waals surface area contributed by atoms with Crippen molar-refractivity contribution in [1.29, 1.82) is 0 Å². The van der Waals surface area contributed by atoms with E-state index in [9.17, 15) is 9.59 Å². The van der Waals surface area contributed by atoms with E-state index in [1.807, 2.05) is 20.8 Å². The first-order valence-corrected chi connectivity index (χ1v) is 6.62. The van der Waals surface area contributed by atoms with Crippen molar-refractivity contribution in [2.45, 2.75) is 53.1 Å². The van der Waals surface area contributed by atoms with Gasteiger partial charge in [-0.05, 0) is 39.0 Å². The van der Waals surface area contributed by atoms with Crippen LogP contribution in [0.15, 0.2) is 12.2 Å². The largest absolute Gasteiger partial charge is 0.466 e. The highest BCUT2D eigenvalue weighted by atomic mass is 16.6. The highest BCUT2D eigenvalue weighted by molar-refractivity contribution is 5.82. The summed E-state index contributed by atoms with van der Waals surface area (Å²) in [6.07, 6.45) is 4.21. The summed E-state index contributed by atoms with van der Waals surface area (Å²) >= 11 is 0. The van der Waals surface area contributed by atoms with Gasteiger partial charge in [0.05, 0.1) is 13.5 Å². The molecule has 0 unspecified atom stereocenters. The molecule has 0 aliphatic carbocycles. The molecule has 0 aliphatic rings. The van der Waals surface area contributed by atoms with Gasteiger partial charge in [-0.1, -0.05) is 19.9 Å². The lowest BCUT2D eigenvalue weighted by molar-refractivity contribution is -0.155. The number of hydrogen-bond donors (Lipinski definition) is 0. The van der Waals surface area contributed by atoms with Gasteiger partial charge in [-0.25, -0.2) is 4.79 Å². The van der Waals surface area contributed by atoms with E-state index < -0.39 is 11.6 Å². The SMILES string of the molecule is COC(=O)/C=C/[C@@H](CC(=O)OC(C)(C)C)CC(C)C. The van der Waals surface area contributed by atoms with Gasteiger partial charge in [-0.15, -0.1) is 0 Å². The Bertz CT molecular complexity index is 324. The van der Waals surface area contributed by atoms with E-state index in [0.717, 1.165) is 6.42 Å². The topological polar surface area (TPSA) is 52.6 Å². The summed E-state index contributed by atoms with van der Waals surface area (Å²) < 4.78 is 9.84. The molecule has 0 saturated heterocycles.